The Hall–Kier alpha value is -1.11. The van der Waals surface area contributed by atoms with E-state index in [1.165, 1.54) is 10.4 Å². The Morgan fingerprint density at radius 1 is 1.39 bits per heavy atom. The molecule has 102 valence electrons. The molecule has 1 rings (SSSR count). The lowest BCUT2D eigenvalue weighted by molar-refractivity contribution is 0.236. The van der Waals surface area contributed by atoms with Gasteiger partial charge in [0.2, 0.25) is 10.0 Å². The van der Waals surface area contributed by atoms with Crippen molar-refractivity contribution in [3.8, 4) is 0 Å². The SMILES string of the molecule is Cc1ccc(S(=O)(=O)N(CCO)C(C)C)c(N)c1. The highest BCUT2D eigenvalue weighted by Gasteiger charge is 2.28. The zero-order valence-corrected chi connectivity index (χ0v) is 11.7. The number of rotatable bonds is 5. The van der Waals surface area contributed by atoms with Crippen molar-refractivity contribution in [2.75, 3.05) is 18.9 Å². The van der Waals surface area contributed by atoms with Crippen LogP contribution in [0.4, 0.5) is 5.69 Å². The van der Waals surface area contributed by atoms with Gasteiger partial charge in [0.1, 0.15) is 4.90 Å². The maximum Gasteiger partial charge on any atom is 0.245 e. The standard InChI is InChI=1S/C12H20N2O3S/c1-9(2)14(6-7-15)18(16,17)12-5-4-10(3)8-11(12)13/h4-5,8-9,15H,6-7,13H2,1-3H3. The van der Waals surface area contributed by atoms with Crippen molar-refractivity contribution < 1.29 is 13.5 Å². The van der Waals surface area contributed by atoms with Gasteiger partial charge in [-0.1, -0.05) is 6.07 Å². The van der Waals surface area contributed by atoms with Crippen LogP contribution in [0.2, 0.25) is 0 Å². The molecular weight excluding hydrogens is 252 g/mol. The largest absolute Gasteiger partial charge is 0.398 e. The monoisotopic (exact) mass is 272 g/mol. The molecule has 0 aliphatic heterocycles. The van der Waals surface area contributed by atoms with Gasteiger partial charge in [0.25, 0.3) is 0 Å². The molecule has 0 aliphatic rings. The van der Waals surface area contributed by atoms with Crippen LogP contribution in [-0.2, 0) is 10.0 Å². The average Bonchev–Trinajstić information content (AvgIpc) is 2.24. The van der Waals surface area contributed by atoms with Crippen molar-refractivity contribution in [1.29, 1.82) is 0 Å². The van der Waals surface area contributed by atoms with Gasteiger partial charge in [-0.05, 0) is 38.5 Å². The molecule has 0 amide bonds. The van der Waals surface area contributed by atoms with Gasteiger partial charge >= 0.3 is 0 Å². The molecule has 0 spiro atoms. The number of nitrogens with two attached hydrogens (primary N) is 1. The summed E-state index contributed by atoms with van der Waals surface area (Å²) in [5, 5.41) is 8.97. The number of benzene rings is 1. The first-order chi connectivity index (χ1) is 8.30. The Morgan fingerprint density at radius 2 is 2.00 bits per heavy atom. The zero-order chi connectivity index (χ0) is 13.9. The second-order valence-electron chi connectivity index (χ2n) is 4.47. The molecule has 0 atom stereocenters. The van der Waals surface area contributed by atoms with Gasteiger partial charge in [0.05, 0.1) is 12.3 Å². The summed E-state index contributed by atoms with van der Waals surface area (Å²) < 4.78 is 26.1. The third-order valence-corrected chi connectivity index (χ3v) is 4.80. The summed E-state index contributed by atoms with van der Waals surface area (Å²) >= 11 is 0. The van der Waals surface area contributed by atoms with E-state index in [-0.39, 0.29) is 29.8 Å². The molecule has 0 aliphatic carbocycles. The van der Waals surface area contributed by atoms with Gasteiger partial charge < -0.3 is 10.8 Å². The molecule has 0 saturated heterocycles. The molecule has 1 aromatic carbocycles. The minimum atomic E-state index is -3.66. The molecule has 5 nitrogen and oxygen atoms in total. The van der Waals surface area contributed by atoms with Gasteiger partial charge in [-0.25, -0.2) is 8.42 Å². The Balaban J connectivity index is 3.26. The van der Waals surface area contributed by atoms with Crippen LogP contribution in [0.5, 0.6) is 0 Å². The predicted octanol–water partition coefficient (Wildman–Crippen LogP) is 0.969. The molecule has 1 aromatic rings. The first-order valence-corrected chi connectivity index (χ1v) is 7.23. The van der Waals surface area contributed by atoms with E-state index in [0.29, 0.717) is 0 Å². The van der Waals surface area contributed by atoms with E-state index in [9.17, 15) is 8.42 Å². The Bertz CT molecular complexity index is 512. The van der Waals surface area contributed by atoms with Crippen LogP contribution < -0.4 is 5.73 Å². The van der Waals surface area contributed by atoms with Gasteiger partial charge in [0.15, 0.2) is 0 Å². The van der Waals surface area contributed by atoms with Gasteiger partial charge in [-0.3, -0.25) is 0 Å². The maximum atomic E-state index is 12.4. The van der Waals surface area contributed by atoms with Crippen LogP contribution in [0.25, 0.3) is 0 Å². The number of nitrogens with zero attached hydrogens (tertiary/aromatic N) is 1. The Kier molecular flexibility index (Phi) is 4.72. The molecule has 18 heavy (non-hydrogen) atoms. The lowest BCUT2D eigenvalue weighted by Crippen LogP contribution is -2.39. The summed E-state index contributed by atoms with van der Waals surface area (Å²) in [4.78, 5) is 0.0928. The van der Waals surface area contributed by atoms with Crippen molar-refractivity contribution in [3.05, 3.63) is 23.8 Å². The fraction of sp³-hybridized carbons (Fsp3) is 0.500. The van der Waals surface area contributed by atoms with Gasteiger partial charge in [-0.15, -0.1) is 0 Å². The summed E-state index contributed by atoms with van der Waals surface area (Å²) in [5.41, 5.74) is 6.92. The molecule has 0 aromatic heterocycles. The van der Waals surface area contributed by atoms with E-state index < -0.39 is 10.0 Å². The molecule has 0 bridgehead atoms. The first kappa shape index (κ1) is 14.9. The van der Waals surface area contributed by atoms with Crippen molar-refractivity contribution in [2.24, 2.45) is 0 Å². The van der Waals surface area contributed by atoms with Crippen molar-refractivity contribution in [2.45, 2.75) is 31.7 Å². The number of aliphatic hydroxyl groups is 1. The molecule has 3 N–H and O–H groups in total. The second-order valence-corrected chi connectivity index (χ2v) is 6.33. The smallest absolute Gasteiger partial charge is 0.245 e. The number of aliphatic hydroxyl groups excluding tert-OH is 1. The van der Waals surface area contributed by atoms with E-state index in [1.807, 2.05) is 6.92 Å². The Labute approximate surface area is 108 Å². The molecule has 0 radical (unpaired) electrons. The second kappa shape index (κ2) is 5.69. The number of hydrogen-bond donors (Lipinski definition) is 2. The normalized spacial score (nSPS) is 12.3. The van der Waals surface area contributed by atoms with E-state index in [4.69, 9.17) is 10.8 Å². The zero-order valence-electron chi connectivity index (χ0n) is 10.9. The van der Waals surface area contributed by atoms with Gasteiger partial charge in [-0.2, -0.15) is 4.31 Å². The summed E-state index contributed by atoms with van der Waals surface area (Å²) in [7, 11) is -3.66. The van der Waals surface area contributed by atoms with E-state index in [0.717, 1.165) is 5.56 Å². The van der Waals surface area contributed by atoms with E-state index >= 15 is 0 Å². The highest BCUT2D eigenvalue weighted by atomic mass is 32.2. The molecule has 0 heterocycles. The number of hydrogen-bond acceptors (Lipinski definition) is 4. The molecule has 0 fully saturated rings. The fourth-order valence-corrected chi connectivity index (χ4v) is 3.51. The fourth-order valence-electron chi connectivity index (χ4n) is 1.78. The number of aryl methyl sites for hydroxylation is 1. The van der Waals surface area contributed by atoms with Crippen molar-refractivity contribution in [3.63, 3.8) is 0 Å². The van der Waals surface area contributed by atoms with E-state index in [2.05, 4.69) is 0 Å². The predicted molar refractivity (Wildman–Crippen MR) is 71.7 cm³/mol. The molecular formula is C12H20N2O3S. The lowest BCUT2D eigenvalue weighted by atomic mass is 10.2. The summed E-state index contributed by atoms with van der Waals surface area (Å²) in [5.74, 6) is 0. The quantitative estimate of drug-likeness (QED) is 0.782. The van der Waals surface area contributed by atoms with Crippen LogP contribution in [0.3, 0.4) is 0 Å². The topological polar surface area (TPSA) is 83.6 Å². The maximum absolute atomic E-state index is 12.4. The average molecular weight is 272 g/mol. The van der Waals surface area contributed by atoms with Crippen LogP contribution in [0, 0.1) is 6.92 Å². The number of nitrogen functional groups attached to an aromatic ring is 1. The van der Waals surface area contributed by atoms with Crippen LogP contribution in [-0.4, -0.2) is 37.0 Å². The molecule has 6 heteroatoms. The van der Waals surface area contributed by atoms with Crippen molar-refractivity contribution >= 4 is 15.7 Å². The molecule has 0 saturated carbocycles. The Morgan fingerprint density at radius 3 is 2.44 bits per heavy atom. The van der Waals surface area contributed by atoms with Crippen LogP contribution in [0.1, 0.15) is 19.4 Å². The summed E-state index contributed by atoms with van der Waals surface area (Å²) in [6.07, 6.45) is 0. The van der Waals surface area contributed by atoms with Crippen LogP contribution >= 0.6 is 0 Å². The number of sulfonamides is 1. The van der Waals surface area contributed by atoms with Crippen LogP contribution in [0.15, 0.2) is 23.1 Å². The highest BCUT2D eigenvalue weighted by molar-refractivity contribution is 7.89. The summed E-state index contributed by atoms with van der Waals surface area (Å²) in [6.45, 7) is 5.21. The lowest BCUT2D eigenvalue weighted by Gasteiger charge is -2.25. The van der Waals surface area contributed by atoms with E-state index in [1.54, 1.807) is 26.0 Å². The summed E-state index contributed by atoms with van der Waals surface area (Å²) in [6, 6.07) is 4.61. The highest BCUT2D eigenvalue weighted by Crippen LogP contribution is 2.24. The third kappa shape index (κ3) is 3.01. The minimum absolute atomic E-state index is 0.0628. The number of anilines is 1. The molecule has 0 unspecified atom stereocenters. The van der Waals surface area contributed by atoms with Gasteiger partial charge in [0, 0.05) is 12.6 Å². The first-order valence-electron chi connectivity index (χ1n) is 5.79. The third-order valence-electron chi connectivity index (χ3n) is 2.65. The minimum Gasteiger partial charge on any atom is -0.398 e. The van der Waals surface area contributed by atoms with Crippen molar-refractivity contribution in [1.82, 2.24) is 4.31 Å².